The first-order chi connectivity index (χ1) is 8.29. The zero-order valence-electron chi connectivity index (χ0n) is 9.31. The lowest BCUT2D eigenvalue weighted by atomic mass is 10.1. The van der Waals surface area contributed by atoms with Gasteiger partial charge in [0.2, 0.25) is 5.91 Å². The molecule has 0 aliphatic carbocycles. The van der Waals surface area contributed by atoms with Crippen molar-refractivity contribution in [1.82, 2.24) is 0 Å². The Hall–Kier alpha value is -2.34. The lowest BCUT2D eigenvalue weighted by molar-refractivity contribution is -0.116. The van der Waals surface area contributed by atoms with Gasteiger partial charge >= 0.3 is 0 Å². The van der Waals surface area contributed by atoms with Gasteiger partial charge in [-0.15, -0.1) is 0 Å². The predicted octanol–water partition coefficient (Wildman–Crippen LogP) is 3.08. The average molecular weight is 224 g/mol. The quantitative estimate of drug-likeness (QED) is 0.871. The molecule has 3 nitrogen and oxygen atoms in total. The minimum Gasteiger partial charge on any atom is -0.326 e. The van der Waals surface area contributed by atoms with Crippen molar-refractivity contribution in [3.63, 3.8) is 0 Å². The van der Waals surface area contributed by atoms with Crippen LogP contribution >= 0.6 is 0 Å². The molecule has 0 bridgehead atoms. The van der Waals surface area contributed by atoms with Crippen molar-refractivity contribution < 1.29 is 4.79 Å². The number of rotatable bonds is 3. The summed E-state index contributed by atoms with van der Waals surface area (Å²) >= 11 is 0. The van der Waals surface area contributed by atoms with E-state index in [2.05, 4.69) is 5.32 Å². The van der Waals surface area contributed by atoms with E-state index in [1.165, 1.54) is 0 Å². The molecule has 1 N–H and O–H groups in total. The molecule has 0 spiro atoms. The van der Waals surface area contributed by atoms with E-state index >= 15 is 0 Å². The molecule has 0 aliphatic rings. The normalized spacial score (nSPS) is 9.82. The largest absolute Gasteiger partial charge is 0.326 e. The van der Waals surface area contributed by atoms with Crippen molar-refractivity contribution in [2.75, 3.05) is 5.32 Å². The molecule has 2 aromatic rings. The zero-order valence-corrected chi connectivity index (χ0v) is 9.31. The van der Waals surface area contributed by atoms with Crippen LogP contribution in [0.15, 0.2) is 42.5 Å². The number of fused-ring (bicyclic) bond motifs is 1. The van der Waals surface area contributed by atoms with Crippen molar-refractivity contribution in [3.05, 3.63) is 42.5 Å². The van der Waals surface area contributed by atoms with E-state index in [1.54, 1.807) is 0 Å². The average Bonchev–Trinajstić information content (AvgIpc) is 2.36. The van der Waals surface area contributed by atoms with E-state index in [0.29, 0.717) is 0 Å². The topological polar surface area (TPSA) is 52.9 Å². The number of benzene rings is 2. The molecule has 0 saturated carbocycles. The fourth-order valence-electron chi connectivity index (χ4n) is 1.66. The Kier molecular flexibility index (Phi) is 3.37. The van der Waals surface area contributed by atoms with Crippen molar-refractivity contribution in [3.8, 4) is 6.07 Å². The third kappa shape index (κ3) is 2.82. The maximum Gasteiger partial charge on any atom is 0.225 e. The summed E-state index contributed by atoms with van der Waals surface area (Å²) in [5, 5.41) is 13.4. The zero-order chi connectivity index (χ0) is 12.1. The van der Waals surface area contributed by atoms with E-state index in [9.17, 15) is 4.79 Å². The number of nitrogens with zero attached hydrogens (tertiary/aromatic N) is 1. The van der Waals surface area contributed by atoms with Crippen LogP contribution in [0.1, 0.15) is 12.8 Å². The summed E-state index contributed by atoms with van der Waals surface area (Å²) in [6, 6.07) is 15.7. The highest BCUT2D eigenvalue weighted by Crippen LogP contribution is 2.18. The summed E-state index contributed by atoms with van der Waals surface area (Å²) in [7, 11) is 0. The number of anilines is 1. The summed E-state index contributed by atoms with van der Waals surface area (Å²) in [6.07, 6.45) is 0.489. The summed E-state index contributed by atoms with van der Waals surface area (Å²) in [5.74, 6) is -0.123. The Morgan fingerprint density at radius 2 is 1.94 bits per heavy atom. The van der Waals surface area contributed by atoms with Gasteiger partial charge in [-0.2, -0.15) is 5.26 Å². The molecule has 0 radical (unpaired) electrons. The van der Waals surface area contributed by atoms with Crippen molar-refractivity contribution >= 4 is 22.4 Å². The second-order valence-corrected chi connectivity index (χ2v) is 3.77. The van der Waals surface area contributed by atoms with Gasteiger partial charge in [0, 0.05) is 18.5 Å². The Morgan fingerprint density at radius 1 is 1.18 bits per heavy atom. The molecule has 0 unspecified atom stereocenters. The first kappa shape index (κ1) is 11.2. The minimum atomic E-state index is -0.123. The van der Waals surface area contributed by atoms with Gasteiger partial charge in [0.05, 0.1) is 6.07 Å². The van der Waals surface area contributed by atoms with E-state index in [1.807, 2.05) is 48.5 Å². The molecule has 84 valence electrons. The number of nitrogens with one attached hydrogen (secondary N) is 1. The van der Waals surface area contributed by atoms with Gasteiger partial charge in [0.25, 0.3) is 0 Å². The summed E-state index contributed by atoms with van der Waals surface area (Å²) in [4.78, 5) is 11.4. The van der Waals surface area contributed by atoms with Crippen molar-refractivity contribution in [2.24, 2.45) is 0 Å². The number of hydrogen-bond donors (Lipinski definition) is 1. The van der Waals surface area contributed by atoms with Gasteiger partial charge in [0.15, 0.2) is 0 Å². The second-order valence-electron chi connectivity index (χ2n) is 3.77. The SMILES string of the molecule is N#CCCC(=O)Nc1ccc2ccccc2c1. The van der Waals surface area contributed by atoms with Crippen LogP contribution in [0, 0.1) is 11.3 Å². The molecule has 2 rings (SSSR count). The Balaban J connectivity index is 2.14. The standard InChI is InChI=1S/C14H12N2O/c15-9-3-6-14(17)16-13-8-7-11-4-1-2-5-12(11)10-13/h1-2,4-5,7-8,10H,3,6H2,(H,16,17). The van der Waals surface area contributed by atoms with Crippen LogP contribution in [0.5, 0.6) is 0 Å². The lowest BCUT2D eigenvalue weighted by Crippen LogP contribution is -2.10. The molecule has 3 heteroatoms. The highest BCUT2D eigenvalue weighted by atomic mass is 16.1. The number of amides is 1. The first-order valence-electron chi connectivity index (χ1n) is 5.45. The number of hydrogen-bond acceptors (Lipinski definition) is 2. The maximum atomic E-state index is 11.4. The van der Waals surface area contributed by atoms with E-state index in [-0.39, 0.29) is 18.7 Å². The molecule has 0 heterocycles. The Bertz CT molecular complexity index is 584. The molecule has 17 heavy (non-hydrogen) atoms. The third-order valence-electron chi connectivity index (χ3n) is 2.50. The summed E-state index contributed by atoms with van der Waals surface area (Å²) < 4.78 is 0. The molecule has 0 aromatic heterocycles. The molecular formula is C14H12N2O. The molecular weight excluding hydrogens is 212 g/mol. The highest BCUT2D eigenvalue weighted by molar-refractivity contribution is 5.94. The van der Waals surface area contributed by atoms with Crippen molar-refractivity contribution in [2.45, 2.75) is 12.8 Å². The van der Waals surface area contributed by atoms with Gasteiger partial charge in [-0.1, -0.05) is 30.3 Å². The monoisotopic (exact) mass is 224 g/mol. The fraction of sp³-hybridized carbons (Fsp3) is 0.143. The number of carbonyl (C=O) groups is 1. The third-order valence-corrected chi connectivity index (χ3v) is 2.50. The molecule has 1 amide bonds. The van der Waals surface area contributed by atoms with Gasteiger partial charge in [-0.3, -0.25) is 4.79 Å². The van der Waals surface area contributed by atoms with E-state index in [4.69, 9.17) is 5.26 Å². The smallest absolute Gasteiger partial charge is 0.225 e. The summed E-state index contributed by atoms with van der Waals surface area (Å²) in [5.41, 5.74) is 0.770. The second kappa shape index (κ2) is 5.13. The molecule has 0 aliphatic heterocycles. The van der Waals surface area contributed by atoms with Gasteiger partial charge in [-0.05, 0) is 22.9 Å². The van der Waals surface area contributed by atoms with Crippen LogP contribution in [-0.2, 0) is 4.79 Å². The Labute approximate surface area is 99.7 Å². The lowest BCUT2D eigenvalue weighted by Gasteiger charge is -2.05. The number of carbonyl (C=O) groups excluding carboxylic acids is 1. The van der Waals surface area contributed by atoms with Crippen LogP contribution in [0.3, 0.4) is 0 Å². The van der Waals surface area contributed by atoms with Gasteiger partial charge in [-0.25, -0.2) is 0 Å². The highest BCUT2D eigenvalue weighted by Gasteiger charge is 2.02. The van der Waals surface area contributed by atoms with Crippen LogP contribution in [0.4, 0.5) is 5.69 Å². The Morgan fingerprint density at radius 3 is 2.71 bits per heavy atom. The van der Waals surface area contributed by atoms with Crippen molar-refractivity contribution in [1.29, 1.82) is 5.26 Å². The summed E-state index contributed by atoms with van der Waals surface area (Å²) in [6.45, 7) is 0. The maximum absolute atomic E-state index is 11.4. The predicted molar refractivity (Wildman–Crippen MR) is 67.4 cm³/mol. The fourth-order valence-corrected chi connectivity index (χ4v) is 1.66. The van der Waals surface area contributed by atoms with E-state index < -0.39 is 0 Å². The van der Waals surface area contributed by atoms with Crippen LogP contribution in [0.25, 0.3) is 10.8 Å². The van der Waals surface area contributed by atoms with Gasteiger partial charge in [0.1, 0.15) is 0 Å². The first-order valence-corrected chi connectivity index (χ1v) is 5.45. The molecule has 0 atom stereocenters. The van der Waals surface area contributed by atoms with Crippen LogP contribution in [-0.4, -0.2) is 5.91 Å². The molecule has 2 aromatic carbocycles. The minimum absolute atomic E-state index is 0.123. The van der Waals surface area contributed by atoms with Crippen LogP contribution in [0.2, 0.25) is 0 Å². The van der Waals surface area contributed by atoms with Gasteiger partial charge < -0.3 is 5.32 Å². The number of nitriles is 1. The molecule has 0 saturated heterocycles. The van der Waals surface area contributed by atoms with E-state index in [0.717, 1.165) is 16.5 Å². The molecule has 0 fully saturated rings. The van der Waals surface area contributed by atoms with Crippen LogP contribution < -0.4 is 5.32 Å².